The Hall–Kier alpha value is -4.04. The molecule has 1 amide bonds. The van der Waals surface area contributed by atoms with E-state index in [1.807, 2.05) is 78.9 Å². The van der Waals surface area contributed by atoms with E-state index in [1.165, 1.54) is 16.9 Å². The Morgan fingerprint density at radius 3 is 2.44 bits per heavy atom. The molecule has 1 N–H and O–H groups in total. The zero-order valence-electron chi connectivity index (χ0n) is 22.6. The maximum atomic E-state index is 13.9. The fourth-order valence-electron chi connectivity index (χ4n) is 5.23. The van der Waals surface area contributed by atoms with Gasteiger partial charge >= 0.3 is 5.97 Å². The molecule has 1 aliphatic heterocycles. The van der Waals surface area contributed by atoms with Crippen LogP contribution >= 0.6 is 23.7 Å². The van der Waals surface area contributed by atoms with Crippen molar-refractivity contribution in [2.75, 3.05) is 18.5 Å². The van der Waals surface area contributed by atoms with Gasteiger partial charge in [0.1, 0.15) is 5.00 Å². The minimum atomic E-state index is -0.392. The number of halogens is 1. The van der Waals surface area contributed by atoms with Crippen LogP contribution in [-0.4, -0.2) is 34.9 Å². The molecule has 0 saturated carbocycles. The number of amides is 1. The van der Waals surface area contributed by atoms with E-state index < -0.39 is 5.97 Å². The van der Waals surface area contributed by atoms with Crippen molar-refractivity contribution >= 4 is 51.5 Å². The maximum Gasteiger partial charge on any atom is 0.341 e. The van der Waals surface area contributed by atoms with Gasteiger partial charge in [-0.15, -0.1) is 23.7 Å². The van der Waals surface area contributed by atoms with E-state index in [0.717, 1.165) is 52.1 Å². The number of fused-ring (bicyclic) bond motifs is 2. The second-order valence-electron chi connectivity index (χ2n) is 9.77. The molecule has 6 rings (SSSR count). The van der Waals surface area contributed by atoms with E-state index >= 15 is 0 Å². The first-order valence-electron chi connectivity index (χ1n) is 13.4. The molecule has 0 spiro atoms. The molecule has 208 valence electrons. The molecule has 0 fully saturated rings. The van der Waals surface area contributed by atoms with Crippen LogP contribution in [-0.2, 0) is 24.2 Å². The third kappa shape index (κ3) is 6.03. The molecule has 3 heterocycles. The summed E-state index contributed by atoms with van der Waals surface area (Å²) < 4.78 is 5.44. The number of anilines is 1. The number of benzene rings is 3. The van der Waals surface area contributed by atoms with E-state index in [9.17, 15) is 9.59 Å². The van der Waals surface area contributed by atoms with Crippen LogP contribution in [0.2, 0.25) is 0 Å². The minimum Gasteiger partial charge on any atom is -0.462 e. The zero-order chi connectivity index (χ0) is 27.5. The number of rotatable bonds is 7. The molecule has 8 heteroatoms. The molecule has 5 aromatic rings. The lowest BCUT2D eigenvalue weighted by Crippen LogP contribution is -2.29. The van der Waals surface area contributed by atoms with E-state index in [2.05, 4.69) is 22.3 Å². The van der Waals surface area contributed by atoms with Gasteiger partial charge in [0.2, 0.25) is 0 Å². The van der Waals surface area contributed by atoms with Gasteiger partial charge in [-0.1, -0.05) is 78.9 Å². The first-order valence-corrected chi connectivity index (χ1v) is 14.3. The summed E-state index contributed by atoms with van der Waals surface area (Å²) in [5.41, 5.74) is 5.61. The third-order valence-electron chi connectivity index (χ3n) is 7.12. The largest absolute Gasteiger partial charge is 0.462 e. The summed E-state index contributed by atoms with van der Waals surface area (Å²) in [4.78, 5) is 35.3. The van der Waals surface area contributed by atoms with Crippen molar-refractivity contribution in [2.45, 2.75) is 26.4 Å². The van der Waals surface area contributed by atoms with Crippen LogP contribution < -0.4 is 5.32 Å². The molecule has 1 aliphatic rings. The Labute approximate surface area is 249 Å². The lowest BCUT2D eigenvalue weighted by molar-refractivity contribution is 0.0526. The average Bonchev–Trinajstić information content (AvgIpc) is 3.34. The first kappa shape index (κ1) is 28.5. The van der Waals surface area contributed by atoms with Crippen molar-refractivity contribution in [3.05, 3.63) is 118 Å². The van der Waals surface area contributed by atoms with Gasteiger partial charge in [0.25, 0.3) is 5.91 Å². The molecule has 0 unspecified atom stereocenters. The van der Waals surface area contributed by atoms with E-state index in [-0.39, 0.29) is 24.9 Å². The Morgan fingerprint density at radius 1 is 0.976 bits per heavy atom. The van der Waals surface area contributed by atoms with Crippen LogP contribution in [0.3, 0.4) is 0 Å². The van der Waals surface area contributed by atoms with Crippen LogP contribution in [0.4, 0.5) is 5.00 Å². The number of nitrogens with zero attached hydrogens (tertiary/aromatic N) is 2. The number of hydrogen-bond donors (Lipinski definition) is 1. The highest BCUT2D eigenvalue weighted by Gasteiger charge is 2.30. The fraction of sp³-hybridized carbons (Fsp3) is 0.182. The monoisotopic (exact) mass is 583 g/mol. The fourth-order valence-corrected chi connectivity index (χ4v) is 6.50. The number of aromatic nitrogens is 1. The normalized spacial score (nSPS) is 12.8. The Morgan fingerprint density at radius 2 is 1.68 bits per heavy atom. The highest BCUT2D eigenvalue weighted by molar-refractivity contribution is 7.17. The highest BCUT2D eigenvalue weighted by atomic mass is 35.5. The predicted molar refractivity (Wildman–Crippen MR) is 167 cm³/mol. The van der Waals surface area contributed by atoms with Gasteiger partial charge in [0.15, 0.2) is 0 Å². The third-order valence-corrected chi connectivity index (χ3v) is 8.25. The first-order chi connectivity index (χ1) is 19.6. The van der Waals surface area contributed by atoms with Crippen LogP contribution in [0.15, 0.2) is 91.0 Å². The quantitative estimate of drug-likeness (QED) is 0.203. The van der Waals surface area contributed by atoms with Gasteiger partial charge in [0, 0.05) is 35.5 Å². The predicted octanol–water partition coefficient (Wildman–Crippen LogP) is 7.37. The molecule has 0 radical (unpaired) electrons. The summed E-state index contributed by atoms with van der Waals surface area (Å²) in [7, 11) is 0. The van der Waals surface area contributed by atoms with Crippen LogP contribution in [0.5, 0.6) is 0 Å². The summed E-state index contributed by atoms with van der Waals surface area (Å²) >= 11 is 1.47. The van der Waals surface area contributed by atoms with Gasteiger partial charge in [0.05, 0.1) is 28.9 Å². The van der Waals surface area contributed by atoms with Gasteiger partial charge < -0.3 is 10.1 Å². The van der Waals surface area contributed by atoms with E-state index in [1.54, 1.807) is 6.92 Å². The number of carbonyl (C=O) groups is 2. The standard InChI is InChI=1S/C33H29N3O3S.ClH/c1-2-39-33(38)30-25-17-18-36(20-22-11-5-3-6-12-22)21-29(25)40-32(30)35-31(37)26-19-28(23-13-7-4-8-14-23)34-27-16-10-9-15-24(26)27;/h3-16,19H,2,17-18,20-21H2,1H3,(H,35,37);1H. The van der Waals surface area contributed by atoms with Crippen molar-refractivity contribution in [3.8, 4) is 11.3 Å². The summed E-state index contributed by atoms with van der Waals surface area (Å²) in [6.07, 6.45) is 0.721. The van der Waals surface area contributed by atoms with Gasteiger partial charge in [-0.25, -0.2) is 9.78 Å². The topological polar surface area (TPSA) is 71.5 Å². The average molecular weight is 584 g/mol. The zero-order valence-corrected chi connectivity index (χ0v) is 24.3. The Bertz CT molecular complexity index is 1690. The molecule has 6 nitrogen and oxygen atoms in total. The number of para-hydroxylation sites is 1. The number of pyridine rings is 1. The number of hydrogen-bond acceptors (Lipinski definition) is 6. The number of carbonyl (C=O) groups excluding carboxylic acids is 2. The molecular weight excluding hydrogens is 554 g/mol. The molecular formula is C33H30ClN3O3S. The smallest absolute Gasteiger partial charge is 0.341 e. The molecule has 0 bridgehead atoms. The molecule has 3 aromatic carbocycles. The lowest BCUT2D eigenvalue weighted by Gasteiger charge is -2.27. The Balaban J connectivity index is 0.00000337. The second-order valence-corrected chi connectivity index (χ2v) is 10.9. The van der Waals surface area contributed by atoms with E-state index in [0.29, 0.717) is 22.7 Å². The molecule has 2 aromatic heterocycles. The summed E-state index contributed by atoms with van der Waals surface area (Å²) in [5.74, 6) is -0.669. The van der Waals surface area contributed by atoms with Gasteiger partial charge in [-0.05, 0) is 36.6 Å². The molecule has 0 atom stereocenters. The second kappa shape index (κ2) is 12.6. The van der Waals surface area contributed by atoms with Crippen LogP contribution in [0.1, 0.15) is 43.6 Å². The minimum absolute atomic E-state index is 0. The van der Waals surface area contributed by atoms with Crippen molar-refractivity contribution in [1.29, 1.82) is 0 Å². The van der Waals surface area contributed by atoms with Crippen molar-refractivity contribution in [3.63, 3.8) is 0 Å². The van der Waals surface area contributed by atoms with Gasteiger partial charge in [-0.3, -0.25) is 9.69 Å². The molecule has 0 aliphatic carbocycles. The number of nitrogens with one attached hydrogen (secondary N) is 1. The molecule has 0 saturated heterocycles. The summed E-state index contributed by atoms with van der Waals surface area (Å²) in [5, 5.41) is 4.39. The lowest BCUT2D eigenvalue weighted by atomic mass is 10.0. The number of esters is 1. The summed E-state index contributed by atoms with van der Waals surface area (Å²) in [6.45, 7) is 4.44. The number of thiophene rings is 1. The van der Waals surface area contributed by atoms with Crippen LogP contribution in [0.25, 0.3) is 22.2 Å². The number of ether oxygens (including phenoxy) is 1. The van der Waals surface area contributed by atoms with Gasteiger partial charge in [-0.2, -0.15) is 0 Å². The molecule has 41 heavy (non-hydrogen) atoms. The summed E-state index contributed by atoms with van der Waals surface area (Å²) in [6, 6.07) is 29.6. The van der Waals surface area contributed by atoms with Crippen molar-refractivity contribution < 1.29 is 14.3 Å². The highest BCUT2D eigenvalue weighted by Crippen LogP contribution is 2.38. The van der Waals surface area contributed by atoms with Crippen molar-refractivity contribution in [2.24, 2.45) is 0 Å². The van der Waals surface area contributed by atoms with Crippen molar-refractivity contribution in [1.82, 2.24) is 9.88 Å². The van der Waals surface area contributed by atoms with Crippen LogP contribution in [0, 0.1) is 0 Å². The SMILES string of the molecule is CCOC(=O)c1c(NC(=O)c2cc(-c3ccccc3)nc3ccccc23)sc2c1CCN(Cc1ccccc1)C2.Cl. The van der Waals surface area contributed by atoms with E-state index in [4.69, 9.17) is 9.72 Å². The Kier molecular flexibility index (Phi) is 8.78. The maximum absolute atomic E-state index is 13.9.